The number of ether oxygens (including phenoxy) is 1. The average molecular weight is 345 g/mol. The summed E-state index contributed by atoms with van der Waals surface area (Å²) < 4.78 is 7.33. The van der Waals surface area contributed by atoms with Gasteiger partial charge in [0.25, 0.3) is 0 Å². The van der Waals surface area contributed by atoms with Gasteiger partial charge in [-0.25, -0.2) is 5.10 Å². The third-order valence-electron chi connectivity index (χ3n) is 3.19. The van der Waals surface area contributed by atoms with Crippen molar-refractivity contribution in [2.45, 2.75) is 0 Å². The molecule has 1 N–H and O–H groups in total. The van der Waals surface area contributed by atoms with Crippen molar-refractivity contribution in [3.05, 3.63) is 63.9 Å². The van der Waals surface area contributed by atoms with Crippen molar-refractivity contribution in [1.29, 1.82) is 0 Å². The molecule has 5 nitrogen and oxygen atoms in total. The molecule has 0 bridgehead atoms. The number of hydrogen-bond donors (Lipinski definition) is 1. The van der Waals surface area contributed by atoms with Crippen LogP contribution in [0, 0.1) is 4.77 Å². The van der Waals surface area contributed by atoms with E-state index < -0.39 is 0 Å². The van der Waals surface area contributed by atoms with Gasteiger partial charge in [0.15, 0.2) is 5.82 Å². The number of rotatable bonds is 4. The zero-order valence-corrected chi connectivity index (χ0v) is 13.8. The number of hydrogen-bond acceptors (Lipinski definition) is 4. The number of methoxy groups -OCH3 is 1. The molecule has 0 atom stereocenters. The molecule has 0 aliphatic carbocycles. The van der Waals surface area contributed by atoms with Gasteiger partial charge in [0, 0.05) is 5.02 Å². The maximum Gasteiger partial charge on any atom is 0.216 e. The highest BCUT2D eigenvalue weighted by Crippen LogP contribution is 2.28. The lowest BCUT2D eigenvalue weighted by Crippen LogP contribution is -1.97. The van der Waals surface area contributed by atoms with Crippen molar-refractivity contribution < 1.29 is 4.74 Å². The standard InChI is InChI=1S/C16H13ClN4OS/c1-22-14-5-3-2-4-13(14)15-19-20-16(23)21(15)18-10-11-6-8-12(17)9-7-11/h2-10H,1H3,(H,20,23)/b18-10+. The smallest absolute Gasteiger partial charge is 0.216 e. The number of halogens is 1. The summed E-state index contributed by atoms with van der Waals surface area (Å²) in [5, 5.41) is 12.1. The second-order valence-corrected chi connectivity index (χ2v) is 5.48. The monoisotopic (exact) mass is 344 g/mol. The molecule has 0 aliphatic heterocycles. The highest BCUT2D eigenvalue weighted by Gasteiger charge is 2.12. The van der Waals surface area contributed by atoms with E-state index >= 15 is 0 Å². The predicted molar refractivity (Wildman–Crippen MR) is 93.8 cm³/mol. The third kappa shape index (κ3) is 3.33. The van der Waals surface area contributed by atoms with Crippen LogP contribution in [0.15, 0.2) is 53.6 Å². The Labute approximate surface area is 143 Å². The molecule has 0 unspecified atom stereocenters. The minimum Gasteiger partial charge on any atom is -0.496 e. The highest BCUT2D eigenvalue weighted by molar-refractivity contribution is 7.71. The normalized spacial score (nSPS) is 11.0. The summed E-state index contributed by atoms with van der Waals surface area (Å²) in [5.41, 5.74) is 1.71. The second kappa shape index (κ2) is 6.76. The Kier molecular flexibility index (Phi) is 4.55. The van der Waals surface area contributed by atoms with E-state index in [9.17, 15) is 0 Å². The average Bonchev–Trinajstić information content (AvgIpc) is 2.95. The fraction of sp³-hybridized carbons (Fsp3) is 0.0625. The Morgan fingerprint density at radius 2 is 1.96 bits per heavy atom. The minimum absolute atomic E-state index is 0.399. The number of nitrogens with one attached hydrogen (secondary N) is 1. The van der Waals surface area contributed by atoms with Crippen LogP contribution in [-0.4, -0.2) is 28.2 Å². The fourth-order valence-corrected chi connectivity index (χ4v) is 2.38. The molecule has 23 heavy (non-hydrogen) atoms. The Balaban J connectivity index is 2.02. The van der Waals surface area contributed by atoms with Gasteiger partial charge in [-0.1, -0.05) is 35.9 Å². The van der Waals surface area contributed by atoms with Crippen molar-refractivity contribution in [3.8, 4) is 17.1 Å². The molecule has 3 aromatic rings. The van der Waals surface area contributed by atoms with Gasteiger partial charge in [-0.2, -0.15) is 14.9 Å². The van der Waals surface area contributed by atoms with Gasteiger partial charge in [-0.05, 0) is 42.0 Å². The summed E-state index contributed by atoms with van der Waals surface area (Å²) in [6.45, 7) is 0. The lowest BCUT2D eigenvalue weighted by Gasteiger charge is -2.06. The van der Waals surface area contributed by atoms with Crippen molar-refractivity contribution in [2.24, 2.45) is 5.10 Å². The summed E-state index contributed by atoms with van der Waals surface area (Å²) in [5.74, 6) is 1.28. The Morgan fingerprint density at radius 1 is 1.22 bits per heavy atom. The topological polar surface area (TPSA) is 55.2 Å². The lowest BCUT2D eigenvalue weighted by molar-refractivity contribution is 0.416. The van der Waals surface area contributed by atoms with Gasteiger partial charge < -0.3 is 4.74 Å². The number of benzene rings is 2. The molecule has 0 spiro atoms. The number of aromatic nitrogens is 3. The van der Waals surface area contributed by atoms with E-state index in [1.54, 1.807) is 30.1 Å². The molecular weight excluding hydrogens is 332 g/mol. The zero-order valence-electron chi connectivity index (χ0n) is 12.2. The number of H-pyrrole nitrogens is 1. The summed E-state index contributed by atoms with van der Waals surface area (Å²) in [6.07, 6.45) is 1.70. The van der Waals surface area contributed by atoms with E-state index in [2.05, 4.69) is 15.3 Å². The molecule has 0 radical (unpaired) electrons. The van der Waals surface area contributed by atoms with E-state index in [4.69, 9.17) is 28.6 Å². The Morgan fingerprint density at radius 3 is 2.70 bits per heavy atom. The first kappa shape index (κ1) is 15.5. The highest BCUT2D eigenvalue weighted by atomic mass is 35.5. The van der Waals surface area contributed by atoms with Gasteiger partial charge in [0.2, 0.25) is 4.77 Å². The van der Waals surface area contributed by atoms with Gasteiger partial charge in [-0.3, -0.25) is 0 Å². The zero-order chi connectivity index (χ0) is 16.2. The molecule has 7 heteroatoms. The van der Waals surface area contributed by atoms with Gasteiger partial charge in [0.1, 0.15) is 5.75 Å². The van der Waals surface area contributed by atoms with E-state index in [1.165, 1.54) is 0 Å². The first-order valence-corrected chi connectivity index (χ1v) is 7.58. The third-order valence-corrected chi connectivity index (χ3v) is 3.71. The molecule has 2 aromatic carbocycles. The molecular formula is C16H13ClN4OS. The molecule has 0 aliphatic rings. The predicted octanol–water partition coefficient (Wildman–Crippen LogP) is 4.15. The maximum absolute atomic E-state index is 5.88. The largest absolute Gasteiger partial charge is 0.496 e. The summed E-state index contributed by atoms with van der Waals surface area (Å²) >= 11 is 11.1. The number of para-hydroxylation sites is 1. The van der Waals surface area contributed by atoms with Crippen LogP contribution in [0.4, 0.5) is 0 Å². The first-order valence-electron chi connectivity index (χ1n) is 6.80. The SMILES string of the molecule is COc1ccccc1-c1n[nH]c(=S)n1/N=C/c1ccc(Cl)cc1. The van der Waals surface area contributed by atoms with Crippen LogP contribution >= 0.6 is 23.8 Å². The van der Waals surface area contributed by atoms with Crippen molar-refractivity contribution in [2.75, 3.05) is 7.11 Å². The molecule has 1 aromatic heterocycles. The fourth-order valence-electron chi connectivity index (χ4n) is 2.08. The lowest BCUT2D eigenvalue weighted by atomic mass is 10.2. The van der Waals surface area contributed by atoms with E-state index in [1.807, 2.05) is 36.4 Å². The summed E-state index contributed by atoms with van der Waals surface area (Å²) in [7, 11) is 1.61. The molecule has 0 saturated carbocycles. The van der Waals surface area contributed by atoms with Gasteiger partial charge in [0.05, 0.1) is 18.9 Å². The van der Waals surface area contributed by atoms with Crippen molar-refractivity contribution >= 4 is 30.0 Å². The molecule has 116 valence electrons. The van der Waals surface area contributed by atoms with Crippen LogP contribution in [0.3, 0.4) is 0 Å². The summed E-state index contributed by atoms with van der Waals surface area (Å²) in [4.78, 5) is 0. The van der Waals surface area contributed by atoms with E-state index in [0.717, 1.165) is 11.1 Å². The number of nitrogens with zero attached hydrogens (tertiary/aromatic N) is 3. The van der Waals surface area contributed by atoms with Crippen molar-refractivity contribution in [3.63, 3.8) is 0 Å². The molecule has 0 amide bonds. The van der Waals surface area contributed by atoms with Crippen LogP contribution in [0.1, 0.15) is 5.56 Å². The van der Waals surface area contributed by atoms with Crippen LogP contribution < -0.4 is 4.74 Å². The quantitative estimate of drug-likeness (QED) is 0.571. The number of aromatic amines is 1. The first-order chi connectivity index (χ1) is 11.2. The van der Waals surface area contributed by atoms with Gasteiger partial charge >= 0.3 is 0 Å². The van der Waals surface area contributed by atoms with Crippen LogP contribution in [0.25, 0.3) is 11.4 Å². The van der Waals surface area contributed by atoms with Crippen LogP contribution in [0.2, 0.25) is 5.02 Å². The van der Waals surface area contributed by atoms with E-state index in [0.29, 0.717) is 21.4 Å². The van der Waals surface area contributed by atoms with Gasteiger partial charge in [-0.15, -0.1) is 0 Å². The minimum atomic E-state index is 0.399. The molecule has 0 fully saturated rings. The van der Waals surface area contributed by atoms with Crippen molar-refractivity contribution in [1.82, 2.24) is 14.9 Å². The molecule has 3 rings (SSSR count). The maximum atomic E-state index is 5.88. The molecule has 1 heterocycles. The van der Waals surface area contributed by atoms with Crippen LogP contribution in [-0.2, 0) is 0 Å². The van der Waals surface area contributed by atoms with E-state index in [-0.39, 0.29) is 0 Å². The Hall–Kier alpha value is -2.44. The Bertz CT molecular complexity index is 899. The molecule has 0 saturated heterocycles. The van der Waals surface area contributed by atoms with Crippen LogP contribution in [0.5, 0.6) is 5.75 Å². The second-order valence-electron chi connectivity index (χ2n) is 4.66. The summed E-state index contributed by atoms with van der Waals surface area (Å²) in [6, 6.07) is 14.9.